The molecule has 0 saturated heterocycles. The summed E-state index contributed by atoms with van der Waals surface area (Å²) in [5, 5.41) is 0. The standard InChI is InChI=1S/C38H50O5/c1-4-7-8-9-10-11-12-13-28-41-35-24-20-32(21-25-35)31-16-18-34(19-17-31)38(40)43-36-26-22-33(23-27-36)37(39)42-29-30(14-5-2)15-6-3/h16-27,30H,4-15,28-29H2,1-3H3. The highest BCUT2D eigenvalue weighted by molar-refractivity contribution is 5.92. The molecule has 0 saturated carbocycles. The number of hydrogen-bond acceptors (Lipinski definition) is 5. The summed E-state index contributed by atoms with van der Waals surface area (Å²) in [5.74, 6) is 0.849. The Labute approximate surface area is 259 Å². The van der Waals surface area contributed by atoms with Crippen LogP contribution in [-0.2, 0) is 4.74 Å². The van der Waals surface area contributed by atoms with Crippen molar-refractivity contribution in [3.63, 3.8) is 0 Å². The van der Waals surface area contributed by atoms with Crippen LogP contribution in [0.15, 0.2) is 72.8 Å². The van der Waals surface area contributed by atoms with Crippen molar-refractivity contribution in [1.82, 2.24) is 0 Å². The third kappa shape index (κ3) is 12.3. The Kier molecular flexibility index (Phi) is 15.4. The van der Waals surface area contributed by atoms with Crippen LogP contribution in [0.5, 0.6) is 11.5 Å². The van der Waals surface area contributed by atoms with Gasteiger partial charge in [0.05, 0.1) is 24.3 Å². The van der Waals surface area contributed by atoms with Gasteiger partial charge in [-0.05, 0) is 84.8 Å². The molecule has 43 heavy (non-hydrogen) atoms. The molecule has 0 radical (unpaired) electrons. The van der Waals surface area contributed by atoms with E-state index in [9.17, 15) is 9.59 Å². The van der Waals surface area contributed by atoms with E-state index < -0.39 is 5.97 Å². The van der Waals surface area contributed by atoms with Crippen molar-refractivity contribution < 1.29 is 23.8 Å². The van der Waals surface area contributed by atoms with Crippen LogP contribution < -0.4 is 9.47 Å². The summed E-state index contributed by atoms with van der Waals surface area (Å²) in [6, 6.07) is 21.9. The van der Waals surface area contributed by atoms with Gasteiger partial charge < -0.3 is 14.2 Å². The predicted octanol–water partition coefficient (Wildman–Crippen LogP) is 10.5. The quantitative estimate of drug-likeness (QED) is 0.0749. The van der Waals surface area contributed by atoms with Gasteiger partial charge in [-0.25, -0.2) is 9.59 Å². The highest BCUT2D eigenvalue weighted by atomic mass is 16.5. The Bertz CT molecular complexity index is 1190. The summed E-state index contributed by atoms with van der Waals surface area (Å²) < 4.78 is 17.0. The lowest BCUT2D eigenvalue weighted by atomic mass is 9.99. The Morgan fingerprint density at radius 1 is 0.558 bits per heavy atom. The number of benzene rings is 3. The first-order chi connectivity index (χ1) is 21.0. The van der Waals surface area contributed by atoms with E-state index in [2.05, 4.69) is 20.8 Å². The van der Waals surface area contributed by atoms with Gasteiger partial charge in [0.2, 0.25) is 0 Å². The Hall–Kier alpha value is -3.60. The molecular weight excluding hydrogens is 536 g/mol. The normalized spacial score (nSPS) is 11.0. The van der Waals surface area contributed by atoms with Crippen LogP contribution in [0, 0.1) is 5.92 Å². The summed E-state index contributed by atoms with van der Waals surface area (Å²) in [6.07, 6.45) is 14.5. The molecule has 0 spiro atoms. The van der Waals surface area contributed by atoms with E-state index in [0.29, 0.717) is 29.4 Å². The molecule has 0 heterocycles. The van der Waals surface area contributed by atoms with Crippen molar-refractivity contribution in [1.29, 1.82) is 0 Å². The fraction of sp³-hybridized carbons (Fsp3) is 0.474. The van der Waals surface area contributed by atoms with E-state index in [1.165, 1.54) is 44.9 Å². The van der Waals surface area contributed by atoms with Crippen LogP contribution in [0.4, 0.5) is 0 Å². The first kappa shape index (κ1) is 33.9. The van der Waals surface area contributed by atoms with Gasteiger partial charge in [-0.15, -0.1) is 0 Å². The second kappa shape index (κ2) is 19.6. The second-order valence-electron chi connectivity index (χ2n) is 11.4. The van der Waals surface area contributed by atoms with Crippen LogP contribution >= 0.6 is 0 Å². The zero-order valence-corrected chi connectivity index (χ0v) is 26.4. The highest BCUT2D eigenvalue weighted by Gasteiger charge is 2.14. The van der Waals surface area contributed by atoms with E-state index in [4.69, 9.17) is 14.2 Å². The third-order valence-electron chi connectivity index (χ3n) is 7.72. The summed E-state index contributed by atoms with van der Waals surface area (Å²) >= 11 is 0. The molecule has 5 nitrogen and oxygen atoms in total. The largest absolute Gasteiger partial charge is 0.494 e. The molecule has 0 bridgehead atoms. The van der Waals surface area contributed by atoms with Crippen molar-refractivity contribution in [3.8, 4) is 22.6 Å². The van der Waals surface area contributed by atoms with Crippen LogP contribution in [0.2, 0.25) is 0 Å². The lowest BCUT2D eigenvalue weighted by Gasteiger charge is -2.15. The Balaban J connectivity index is 1.42. The lowest BCUT2D eigenvalue weighted by molar-refractivity contribution is 0.0425. The number of esters is 2. The zero-order valence-electron chi connectivity index (χ0n) is 26.4. The molecule has 232 valence electrons. The topological polar surface area (TPSA) is 61.8 Å². The van der Waals surface area contributed by atoms with Crippen LogP contribution in [-0.4, -0.2) is 25.2 Å². The predicted molar refractivity (Wildman–Crippen MR) is 175 cm³/mol. The van der Waals surface area contributed by atoms with Crippen molar-refractivity contribution >= 4 is 11.9 Å². The summed E-state index contributed by atoms with van der Waals surface area (Å²) in [5.41, 5.74) is 2.96. The van der Waals surface area contributed by atoms with Crippen molar-refractivity contribution in [3.05, 3.63) is 83.9 Å². The molecule has 3 aromatic carbocycles. The molecule has 0 aliphatic carbocycles. The van der Waals surface area contributed by atoms with Crippen LogP contribution in [0.1, 0.15) is 119 Å². The monoisotopic (exact) mass is 586 g/mol. The molecule has 0 fully saturated rings. The fourth-order valence-corrected chi connectivity index (χ4v) is 5.20. The maximum absolute atomic E-state index is 12.7. The van der Waals surface area contributed by atoms with Crippen LogP contribution in [0.25, 0.3) is 11.1 Å². The first-order valence-electron chi connectivity index (χ1n) is 16.4. The van der Waals surface area contributed by atoms with E-state index in [-0.39, 0.29) is 5.97 Å². The summed E-state index contributed by atoms with van der Waals surface area (Å²) in [7, 11) is 0. The minimum Gasteiger partial charge on any atom is -0.494 e. The zero-order chi connectivity index (χ0) is 30.7. The number of rotatable bonds is 20. The Morgan fingerprint density at radius 3 is 1.63 bits per heavy atom. The average molecular weight is 587 g/mol. The molecule has 0 aromatic heterocycles. The van der Waals surface area contributed by atoms with E-state index in [1.54, 1.807) is 36.4 Å². The number of ether oxygens (including phenoxy) is 3. The molecule has 0 N–H and O–H groups in total. The molecule has 3 rings (SSSR count). The maximum atomic E-state index is 12.7. The number of carbonyl (C=O) groups is 2. The minimum absolute atomic E-state index is 0.353. The third-order valence-corrected chi connectivity index (χ3v) is 7.72. The van der Waals surface area contributed by atoms with Gasteiger partial charge in [-0.1, -0.05) is 103 Å². The minimum atomic E-state index is -0.450. The van der Waals surface area contributed by atoms with Crippen molar-refractivity contribution in [2.45, 2.75) is 97.8 Å². The van der Waals surface area contributed by atoms with E-state index in [1.807, 2.05) is 36.4 Å². The van der Waals surface area contributed by atoms with Crippen molar-refractivity contribution in [2.75, 3.05) is 13.2 Å². The smallest absolute Gasteiger partial charge is 0.343 e. The molecule has 0 unspecified atom stereocenters. The Morgan fingerprint density at radius 2 is 1.05 bits per heavy atom. The number of hydrogen-bond donors (Lipinski definition) is 0. The summed E-state index contributed by atoms with van der Waals surface area (Å²) in [6.45, 7) is 7.72. The molecule has 3 aromatic rings. The van der Waals surface area contributed by atoms with Crippen molar-refractivity contribution in [2.24, 2.45) is 5.92 Å². The number of unbranched alkanes of at least 4 members (excludes halogenated alkanes) is 7. The lowest BCUT2D eigenvalue weighted by Crippen LogP contribution is -2.14. The second-order valence-corrected chi connectivity index (χ2v) is 11.4. The molecule has 0 aliphatic heterocycles. The molecule has 0 atom stereocenters. The van der Waals surface area contributed by atoms with Gasteiger partial charge in [-0.2, -0.15) is 0 Å². The highest BCUT2D eigenvalue weighted by Crippen LogP contribution is 2.24. The van der Waals surface area contributed by atoms with Gasteiger partial charge >= 0.3 is 11.9 Å². The first-order valence-corrected chi connectivity index (χ1v) is 16.4. The van der Waals surface area contributed by atoms with Gasteiger partial charge in [-0.3, -0.25) is 0 Å². The molecule has 0 amide bonds. The summed E-state index contributed by atoms with van der Waals surface area (Å²) in [4.78, 5) is 25.2. The fourth-order valence-electron chi connectivity index (χ4n) is 5.20. The van der Waals surface area contributed by atoms with Crippen LogP contribution in [0.3, 0.4) is 0 Å². The molecule has 5 heteroatoms. The number of carbonyl (C=O) groups excluding carboxylic acids is 2. The molecule has 0 aliphatic rings. The maximum Gasteiger partial charge on any atom is 0.343 e. The van der Waals surface area contributed by atoms with Gasteiger partial charge in [0.25, 0.3) is 0 Å². The SMILES string of the molecule is CCCCCCCCCCOc1ccc(-c2ccc(C(=O)Oc3ccc(C(=O)OCC(CCC)CCC)cc3)cc2)cc1. The molecular formula is C38H50O5. The van der Waals surface area contributed by atoms with Gasteiger partial charge in [0.1, 0.15) is 11.5 Å². The van der Waals surface area contributed by atoms with E-state index in [0.717, 1.165) is 55.6 Å². The van der Waals surface area contributed by atoms with Gasteiger partial charge in [0.15, 0.2) is 0 Å². The average Bonchev–Trinajstić information content (AvgIpc) is 3.03. The van der Waals surface area contributed by atoms with Gasteiger partial charge in [0, 0.05) is 0 Å². The van der Waals surface area contributed by atoms with E-state index >= 15 is 0 Å².